The van der Waals surface area contributed by atoms with Gasteiger partial charge in [-0.3, -0.25) is 5.10 Å². The van der Waals surface area contributed by atoms with Crippen molar-refractivity contribution < 1.29 is 40.9 Å². The van der Waals surface area contributed by atoms with E-state index in [1.165, 1.54) is 35.5 Å². The van der Waals surface area contributed by atoms with E-state index in [0.717, 1.165) is 5.56 Å². The van der Waals surface area contributed by atoms with Crippen LogP contribution in [0.25, 0.3) is 33.4 Å². The highest BCUT2D eigenvalue weighted by molar-refractivity contribution is 7.92. The lowest BCUT2D eigenvalue weighted by Gasteiger charge is -2.26. The number of sulfonamides is 2. The normalized spacial score (nSPS) is 11.8. The molecular formula is C41H41N9O9S2. The van der Waals surface area contributed by atoms with Crippen molar-refractivity contribution in [2.45, 2.75) is 29.4 Å². The van der Waals surface area contributed by atoms with Crippen LogP contribution in [0.2, 0.25) is 0 Å². The number of carbonyl (C=O) groups is 1. The molecule has 0 saturated heterocycles. The highest BCUT2D eigenvalue weighted by atomic mass is 32.2. The summed E-state index contributed by atoms with van der Waals surface area (Å²) in [4.78, 5) is 11.2. The van der Waals surface area contributed by atoms with Crippen LogP contribution in [0.5, 0.6) is 17.2 Å². The number of tetrazole rings is 1. The van der Waals surface area contributed by atoms with Crippen molar-refractivity contribution in [3.63, 3.8) is 0 Å². The van der Waals surface area contributed by atoms with E-state index in [0.29, 0.717) is 44.8 Å². The van der Waals surface area contributed by atoms with E-state index in [1.54, 1.807) is 86.1 Å². The van der Waals surface area contributed by atoms with Crippen molar-refractivity contribution in [2.24, 2.45) is 0 Å². The van der Waals surface area contributed by atoms with E-state index in [2.05, 4.69) is 35.6 Å². The third-order valence-corrected chi connectivity index (χ3v) is 13.2. The van der Waals surface area contributed by atoms with E-state index in [1.807, 2.05) is 18.2 Å². The number of hydrogen-bond donors (Lipinski definition) is 4. The molecule has 316 valence electrons. The third kappa shape index (κ3) is 9.47. The van der Waals surface area contributed by atoms with Crippen molar-refractivity contribution in [3.8, 4) is 39.8 Å². The number of methoxy groups -OCH3 is 3. The molecule has 7 aromatic rings. The molecule has 2 aromatic heterocycles. The van der Waals surface area contributed by atoms with Crippen LogP contribution >= 0.6 is 0 Å². The molecule has 7 rings (SSSR count). The Morgan fingerprint density at radius 1 is 0.754 bits per heavy atom. The Balaban J connectivity index is 1.48. The minimum Gasteiger partial charge on any atom is -0.497 e. The fourth-order valence-corrected chi connectivity index (χ4v) is 10.1. The number of para-hydroxylation sites is 1. The molecule has 1 amide bonds. The topological polar surface area (TPSA) is 233 Å². The predicted molar refractivity (Wildman–Crippen MR) is 224 cm³/mol. The van der Waals surface area contributed by atoms with Gasteiger partial charge in [0.15, 0.2) is 0 Å². The molecule has 0 atom stereocenters. The lowest BCUT2D eigenvalue weighted by molar-refractivity contribution is 0.194. The Hall–Kier alpha value is -6.87. The number of nitrogens with zero attached hydrogens (tertiary/aromatic N) is 6. The number of nitrogens with one attached hydrogen (secondary N) is 3. The molecule has 4 N–H and O–H groups in total. The van der Waals surface area contributed by atoms with Crippen LogP contribution in [0.3, 0.4) is 0 Å². The molecule has 5 aromatic carbocycles. The quantitative estimate of drug-likeness (QED) is 0.0843. The second-order valence-corrected chi connectivity index (χ2v) is 17.2. The first-order valence-electron chi connectivity index (χ1n) is 18.6. The molecule has 0 aliphatic carbocycles. The SMILES string of the molecule is COc1ccc(CN(Cc2ccc(OC)cc2)S(=O)(=O)c2c(S(=O)(=O)NCCNC(=O)O)ccc(-c3cccc4cn[nH]c34)c2-c2nnn(Cc3ccc(OC)cc3)n2)cc1. The zero-order valence-electron chi connectivity index (χ0n) is 33.1. The average molecular weight is 868 g/mol. The van der Waals surface area contributed by atoms with Gasteiger partial charge in [-0.2, -0.15) is 14.2 Å². The number of H-pyrrole nitrogens is 1. The zero-order chi connectivity index (χ0) is 43.1. The van der Waals surface area contributed by atoms with Crippen LogP contribution in [0.15, 0.2) is 119 Å². The van der Waals surface area contributed by atoms with Gasteiger partial charge in [0, 0.05) is 37.1 Å². The molecule has 0 unspecified atom stereocenters. The molecule has 0 aliphatic rings. The number of ether oxygens (including phenoxy) is 3. The van der Waals surface area contributed by atoms with Crippen LogP contribution in [0, 0.1) is 0 Å². The summed E-state index contributed by atoms with van der Waals surface area (Å²) in [7, 11) is -5.04. The van der Waals surface area contributed by atoms with Gasteiger partial charge >= 0.3 is 6.09 Å². The highest BCUT2D eigenvalue weighted by Gasteiger charge is 2.38. The van der Waals surface area contributed by atoms with E-state index in [-0.39, 0.29) is 43.1 Å². The molecule has 61 heavy (non-hydrogen) atoms. The summed E-state index contributed by atoms with van der Waals surface area (Å²) >= 11 is 0. The Morgan fingerprint density at radius 3 is 1.92 bits per heavy atom. The first kappa shape index (κ1) is 42.3. The van der Waals surface area contributed by atoms with Crippen molar-refractivity contribution in [2.75, 3.05) is 34.4 Å². The Bertz CT molecular complexity index is 2820. The maximum absolute atomic E-state index is 15.8. The van der Waals surface area contributed by atoms with Gasteiger partial charge in [0.1, 0.15) is 27.0 Å². The zero-order valence-corrected chi connectivity index (χ0v) is 34.8. The van der Waals surface area contributed by atoms with Crippen molar-refractivity contribution >= 4 is 37.0 Å². The number of aromatic amines is 1. The molecule has 0 aliphatic heterocycles. The second kappa shape index (κ2) is 18.2. The summed E-state index contributed by atoms with van der Waals surface area (Å²) in [5.74, 6) is 1.56. The lowest BCUT2D eigenvalue weighted by atomic mass is 9.97. The standard InChI is InChI=1S/C41H41N9O9S2/c1-57-31-13-7-27(8-14-31)24-49(25-28-9-15-32(58-2)16-10-28)61(55,56)39-36(60(53,54)44-22-21-42-41(51)52)20-19-34(35-6-4-5-30-23-43-45-38(30)35)37(39)40-46-48-50(47-40)26-29-11-17-33(59-3)18-12-29/h4-20,23,42,44H,21-22,24-26H2,1-3H3,(H,43,45)(H,51,52). The van der Waals surface area contributed by atoms with Gasteiger partial charge in [0.25, 0.3) is 0 Å². The van der Waals surface area contributed by atoms with Crippen molar-refractivity contribution in [1.82, 2.24) is 44.7 Å². The van der Waals surface area contributed by atoms with Crippen molar-refractivity contribution in [1.29, 1.82) is 0 Å². The summed E-state index contributed by atoms with van der Waals surface area (Å²) in [6.07, 6.45) is 0.248. The maximum Gasteiger partial charge on any atom is 0.404 e. The number of fused-ring (bicyclic) bond motifs is 1. The Morgan fingerprint density at radius 2 is 1.34 bits per heavy atom. The van der Waals surface area contributed by atoms with Crippen LogP contribution in [-0.2, 0) is 39.7 Å². The predicted octanol–water partition coefficient (Wildman–Crippen LogP) is 4.89. The van der Waals surface area contributed by atoms with Crippen LogP contribution in [0.4, 0.5) is 4.79 Å². The summed E-state index contributed by atoms with van der Waals surface area (Å²) in [6.45, 7) is -0.972. The minimum absolute atomic E-state index is 0.127. The smallest absolute Gasteiger partial charge is 0.404 e. The number of rotatable bonds is 18. The number of aromatic nitrogens is 6. The fraction of sp³-hybridized carbons (Fsp3) is 0.195. The first-order chi connectivity index (χ1) is 29.4. The summed E-state index contributed by atoms with van der Waals surface area (Å²) in [6, 6.07) is 28.8. The number of carboxylic acid groups (broad SMARTS) is 1. The molecule has 2 heterocycles. The van der Waals surface area contributed by atoms with Crippen LogP contribution < -0.4 is 24.2 Å². The van der Waals surface area contributed by atoms with E-state index in [9.17, 15) is 13.2 Å². The summed E-state index contributed by atoms with van der Waals surface area (Å²) in [5.41, 5.74) is 3.06. The van der Waals surface area contributed by atoms with Gasteiger partial charge in [0.2, 0.25) is 25.9 Å². The largest absolute Gasteiger partial charge is 0.497 e. The molecule has 0 spiro atoms. The van der Waals surface area contributed by atoms with E-state index < -0.39 is 42.5 Å². The van der Waals surface area contributed by atoms with Gasteiger partial charge in [-0.05, 0) is 69.9 Å². The van der Waals surface area contributed by atoms with Gasteiger partial charge in [-0.1, -0.05) is 60.7 Å². The maximum atomic E-state index is 15.8. The Labute approximate surface area is 351 Å². The average Bonchev–Trinajstić information content (AvgIpc) is 3.95. The van der Waals surface area contributed by atoms with Crippen LogP contribution in [-0.4, -0.2) is 97.2 Å². The fourth-order valence-electron chi connectivity index (χ4n) is 6.63. The third-order valence-electron chi connectivity index (χ3n) is 9.66. The van der Waals surface area contributed by atoms with Gasteiger partial charge in [0.05, 0.1) is 45.2 Å². The molecule has 0 saturated carbocycles. The molecule has 0 fully saturated rings. The lowest BCUT2D eigenvalue weighted by Crippen LogP contribution is -2.36. The number of benzene rings is 5. The highest BCUT2D eigenvalue weighted by Crippen LogP contribution is 2.43. The number of hydrogen-bond acceptors (Lipinski definition) is 12. The monoisotopic (exact) mass is 867 g/mol. The van der Waals surface area contributed by atoms with Gasteiger partial charge in [-0.15, -0.1) is 10.2 Å². The van der Waals surface area contributed by atoms with Crippen LogP contribution in [0.1, 0.15) is 16.7 Å². The molecule has 20 heteroatoms. The van der Waals surface area contributed by atoms with E-state index >= 15 is 8.42 Å². The molecule has 0 radical (unpaired) electrons. The molecular weight excluding hydrogens is 827 g/mol. The molecule has 0 bridgehead atoms. The van der Waals surface area contributed by atoms with E-state index in [4.69, 9.17) is 19.3 Å². The molecule has 18 nitrogen and oxygen atoms in total. The number of amides is 1. The first-order valence-corrected chi connectivity index (χ1v) is 21.6. The summed E-state index contributed by atoms with van der Waals surface area (Å²) < 4.78 is 80.0. The van der Waals surface area contributed by atoms with Gasteiger partial charge in [-0.25, -0.2) is 26.4 Å². The summed E-state index contributed by atoms with van der Waals surface area (Å²) in [5, 5.41) is 32.4. The Kier molecular flexibility index (Phi) is 12.6. The second-order valence-electron chi connectivity index (χ2n) is 13.5. The van der Waals surface area contributed by atoms with Gasteiger partial charge < -0.3 is 24.6 Å². The minimum atomic E-state index is -4.91. The van der Waals surface area contributed by atoms with Crippen molar-refractivity contribution in [3.05, 3.63) is 126 Å².